The Kier molecular flexibility index (Phi) is 3.62. The quantitative estimate of drug-likeness (QED) is 0.801. The third-order valence-electron chi connectivity index (χ3n) is 3.41. The lowest BCUT2D eigenvalue weighted by atomic mass is 10.1. The van der Waals surface area contributed by atoms with Crippen molar-refractivity contribution in [3.63, 3.8) is 0 Å². The highest BCUT2D eigenvalue weighted by Crippen LogP contribution is 2.26. The van der Waals surface area contributed by atoms with E-state index >= 15 is 0 Å². The average molecular weight is 299 g/mol. The van der Waals surface area contributed by atoms with E-state index in [-0.39, 0.29) is 0 Å². The molecule has 0 amide bonds. The Hall–Kier alpha value is -2.33. The predicted molar refractivity (Wildman–Crippen MR) is 85.6 cm³/mol. The second-order valence-corrected chi connectivity index (χ2v) is 5.20. The standard InChI is InChI=1S/C16H15ClN4/c1-2-11-3-5-12(6-4-11)15-16(18)21(20-19-15)14-9-7-13(17)8-10-14/h3-10H,2,18H2,1H3. The van der Waals surface area contributed by atoms with E-state index in [2.05, 4.69) is 29.4 Å². The Balaban J connectivity index is 2.00. The summed E-state index contributed by atoms with van der Waals surface area (Å²) in [5.41, 5.74) is 9.95. The molecule has 0 saturated heterocycles. The number of aryl methyl sites for hydroxylation is 1. The molecule has 0 radical (unpaired) electrons. The van der Waals surface area contributed by atoms with Crippen molar-refractivity contribution in [1.82, 2.24) is 15.0 Å². The lowest BCUT2D eigenvalue weighted by molar-refractivity contribution is 0.810. The van der Waals surface area contributed by atoms with E-state index in [0.29, 0.717) is 16.5 Å². The van der Waals surface area contributed by atoms with Gasteiger partial charge in [0.15, 0.2) is 5.82 Å². The number of rotatable bonds is 3. The van der Waals surface area contributed by atoms with Gasteiger partial charge in [-0.3, -0.25) is 0 Å². The van der Waals surface area contributed by atoms with E-state index in [9.17, 15) is 0 Å². The molecule has 0 unspecified atom stereocenters. The molecule has 5 heteroatoms. The molecule has 1 aromatic heterocycles. The molecule has 0 saturated carbocycles. The summed E-state index contributed by atoms with van der Waals surface area (Å²) in [6.45, 7) is 2.13. The monoisotopic (exact) mass is 298 g/mol. The number of halogens is 1. The molecule has 2 N–H and O–H groups in total. The Bertz CT molecular complexity index is 745. The molecule has 2 aromatic carbocycles. The lowest BCUT2D eigenvalue weighted by Gasteiger charge is -2.04. The number of hydrogen-bond donors (Lipinski definition) is 1. The maximum Gasteiger partial charge on any atom is 0.155 e. The fraction of sp³-hybridized carbons (Fsp3) is 0.125. The van der Waals surface area contributed by atoms with E-state index in [1.54, 1.807) is 16.8 Å². The van der Waals surface area contributed by atoms with Crippen molar-refractivity contribution in [2.24, 2.45) is 0 Å². The van der Waals surface area contributed by atoms with Crippen LogP contribution in [0.5, 0.6) is 0 Å². The summed E-state index contributed by atoms with van der Waals surface area (Å²) in [6, 6.07) is 15.5. The summed E-state index contributed by atoms with van der Waals surface area (Å²) in [6.07, 6.45) is 1.01. The number of benzene rings is 2. The molecule has 0 spiro atoms. The maximum absolute atomic E-state index is 6.18. The number of aromatic nitrogens is 3. The van der Waals surface area contributed by atoms with Crippen molar-refractivity contribution in [2.75, 3.05) is 5.73 Å². The highest BCUT2D eigenvalue weighted by Gasteiger charge is 2.12. The minimum atomic E-state index is 0.515. The first-order valence-electron chi connectivity index (χ1n) is 6.75. The van der Waals surface area contributed by atoms with Gasteiger partial charge in [0.05, 0.1) is 5.69 Å². The second-order valence-electron chi connectivity index (χ2n) is 4.76. The van der Waals surface area contributed by atoms with Crippen LogP contribution >= 0.6 is 11.6 Å². The zero-order chi connectivity index (χ0) is 14.8. The van der Waals surface area contributed by atoms with Crippen LogP contribution in [0.3, 0.4) is 0 Å². The number of nitrogens with zero attached hydrogens (tertiary/aromatic N) is 3. The van der Waals surface area contributed by atoms with E-state index in [4.69, 9.17) is 17.3 Å². The van der Waals surface area contributed by atoms with Gasteiger partial charge < -0.3 is 5.73 Å². The van der Waals surface area contributed by atoms with Crippen LogP contribution in [0.4, 0.5) is 5.82 Å². The van der Waals surface area contributed by atoms with Crippen molar-refractivity contribution in [3.05, 3.63) is 59.1 Å². The average Bonchev–Trinajstić information content (AvgIpc) is 2.90. The van der Waals surface area contributed by atoms with Crippen molar-refractivity contribution in [3.8, 4) is 16.9 Å². The van der Waals surface area contributed by atoms with E-state index in [1.807, 2.05) is 24.3 Å². The normalized spacial score (nSPS) is 10.8. The van der Waals surface area contributed by atoms with Crippen LogP contribution in [0.25, 0.3) is 16.9 Å². The molecule has 3 aromatic rings. The maximum atomic E-state index is 6.18. The first kappa shape index (κ1) is 13.6. The molecule has 21 heavy (non-hydrogen) atoms. The molecule has 0 bridgehead atoms. The van der Waals surface area contributed by atoms with Gasteiger partial charge in [0.2, 0.25) is 0 Å². The topological polar surface area (TPSA) is 56.7 Å². The molecule has 1 heterocycles. The first-order chi connectivity index (χ1) is 10.2. The third-order valence-corrected chi connectivity index (χ3v) is 3.66. The summed E-state index contributed by atoms with van der Waals surface area (Å²) in [7, 11) is 0. The fourth-order valence-corrected chi connectivity index (χ4v) is 2.29. The molecule has 0 aliphatic heterocycles. The molecule has 0 atom stereocenters. The number of hydrogen-bond acceptors (Lipinski definition) is 3. The van der Waals surface area contributed by atoms with Gasteiger partial charge in [-0.2, -0.15) is 4.68 Å². The van der Waals surface area contributed by atoms with Gasteiger partial charge in [-0.1, -0.05) is 48.0 Å². The summed E-state index contributed by atoms with van der Waals surface area (Å²) in [4.78, 5) is 0. The number of nitrogens with two attached hydrogens (primary N) is 1. The number of nitrogen functional groups attached to an aromatic ring is 1. The molecule has 4 nitrogen and oxygen atoms in total. The van der Waals surface area contributed by atoms with Crippen LogP contribution in [0.2, 0.25) is 5.02 Å². The fourth-order valence-electron chi connectivity index (χ4n) is 2.17. The van der Waals surface area contributed by atoms with Crippen LogP contribution < -0.4 is 5.73 Å². The molecular formula is C16H15ClN4. The first-order valence-corrected chi connectivity index (χ1v) is 7.13. The van der Waals surface area contributed by atoms with Crippen molar-refractivity contribution < 1.29 is 0 Å². The third kappa shape index (κ3) is 2.62. The summed E-state index contributed by atoms with van der Waals surface area (Å²) >= 11 is 5.89. The molecule has 0 fully saturated rings. The Morgan fingerprint density at radius 3 is 2.33 bits per heavy atom. The van der Waals surface area contributed by atoms with Gasteiger partial charge in [-0.15, -0.1) is 5.10 Å². The highest BCUT2D eigenvalue weighted by molar-refractivity contribution is 6.30. The summed E-state index contributed by atoms with van der Waals surface area (Å²) < 4.78 is 1.61. The van der Waals surface area contributed by atoms with Crippen LogP contribution in [-0.4, -0.2) is 15.0 Å². The van der Waals surface area contributed by atoms with Crippen LogP contribution in [-0.2, 0) is 6.42 Å². The van der Waals surface area contributed by atoms with Crippen molar-refractivity contribution in [2.45, 2.75) is 13.3 Å². The smallest absolute Gasteiger partial charge is 0.155 e. The van der Waals surface area contributed by atoms with Gasteiger partial charge in [-0.05, 0) is 36.2 Å². The zero-order valence-corrected chi connectivity index (χ0v) is 12.4. The van der Waals surface area contributed by atoms with Crippen molar-refractivity contribution >= 4 is 17.4 Å². The second kappa shape index (κ2) is 5.58. The molecule has 3 rings (SSSR count). The highest BCUT2D eigenvalue weighted by atomic mass is 35.5. The Morgan fingerprint density at radius 1 is 1.05 bits per heavy atom. The molecule has 106 valence electrons. The van der Waals surface area contributed by atoms with Gasteiger partial charge >= 0.3 is 0 Å². The zero-order valence-electron chi connectivity index (χ0n) is 11.6. The SMILES string of the molecule is CCc1ccc(-c2nnn(-c3ccc(Cl)cc3)c2N)cc1. The molecular weight excluding hydrogens is 284 g/mol. The Labute approximate surface area is 128 Å². The van der Waals surface area contributed by atoms with Gasteiger partial charge in [0.25, 0.3) is 0 Å². The van der Waals surface area contributed by atoms with Gasteiger partial charge in [0.1, 0.15) is 5.69 Å². The molecule has 0 aliphatic rings. The minimum absolute atomic E-state index is 0.515. The lowest BCUT2D eigenvalue weighted by Crippen LogP contribution is -2.02. The van der Waals surface area contributed by atoms with E-state index in [1.165, 1.54) is 5.56 Å². The summed E-state index contributed by atoms with van der Waals surface area (Å²) in [5.74, 6) is 0.515. The van der Waals surface area contributed by atoms with E-state index < -0.39 is 0 Å². The predicted octanol–water partition coefficient (Wildman–Crippen LogP) is 3.73. The van der Waals surface area contributed by atoms with Gasteiger partial charge in [0, 0.05) is 10.6 Å². The summed E-state index contributed by atoms with van der Waals surface area (Å²) in [5, 5.41) is 9.00. The van der Waals surface area contributed by atoms with Crippen LogP contribution in [0.1, 0.15) is 12.5 Å². The van der Waals surface area contributed by atoms with Crippen LogP contribution in [0, 0.1) is 0 Å². The minimum Gasteiger partial charge on any atom is -0.382 e. The largest absolute Gasteiger partial charge is 0.382 e. The Morgan fingerprint density at radius 2 is 1.71 bits per heavy atom. The van der Waals surface area contributed by atoms with Crippen LogP contribution in [0.15, 0.2) is 48.5 Å². The van der Waals surface area contributed by atoms with Gasteiger partial charge in [-0.25, -0.2) is 0 Å². The number of anilines is 1. The van der Waals surface area contributed by atoms with Crippen molar-refractivity contribution in [1.29, 1.82) is 0 Å². The molecule has 0 aliphatic carbocycles. The van der Waals surface area contributed by atoms with E-state index in [0.717, 1.165) is 17.7 Å².